The molecule has 0 amide bonds. The van der Waals surface area contributed by atoms with E-state index in [4.69, 9.17) is 10.5 Å². The summed E-state index contributed by atoms with van der Waals surface area (Å²) in [6.45, 7) is 10.1. The lowest BCUT2D eigenvalue weighted by atomic mass is 9.34. The highest BCUT2D eigenvalue weighted by atomic mass is 16.5. The fourth-order valence-corrected chi connectivity index (χ4v) is 12.5. The van der Waals surface area contributed by atoms with Crippen LogP contribution in [-0.4, -0.2) is 97.5 Å². The second-order valence-electron chi connectivity index (χ2n) is 18.0. The summed E-state index contributed by atoms with van der Waals surface area (Å²) in [5.41, 5.74) is 2.72. The van der Waals surface area contributed by atoms with Crippen LogP contribution in [0.5, 0.6) is 0 Å². The topological polar surface area (TPSA) is 198 Å². The number of fused-ring (bicyclic) bond motifs is 2. The third-order valence-corrected chi connectivity index (χ3v) is 15.5. The fraction of sp³-hybridized carbons (Fsp3) is 0.821. The van der Waals surface area contributed by atoms with Crippen molar-refractivity contribution in [1.82, 2.24) is 10.6 Å². The van der Waals surface area contributed by atoms with Crippen LogP contribution in [0.3, 0.4) is 0 Å². The SMILES string of the molecule is CC(O)CNC1=C2C3(O)CCC(C(C)(O)C(O)C4OCC(C)C4C)C3(C)CCC23CCC(C2=CNC(N)C=C2)CC32CC(O)C(O)CC2C1=O. The highest BCUT2D eigenvalue weighted by Crippen LogP contribution is 2.77. The van der Waals surface area contributed by atoms with Crippen molar-refractivity contribution in [2.45, 2.75) is 140 Å². The molecule has 11 nitrogen and oxygen atoms in total. The number of hydrogen-bond acceptors (Lipinski definition) is 11. The second-order valence-corrected chi connectivity index (χ2v) is 18.0. The van der Waals surface area contributed by atoms with E-state index in [0.717, 1.165) is 12.0 Å². The minimum Gasteiger partial charge on any atom is -0.392 e. The summed E-state index contributed by atoms with van der Waals surface area (Å²) in [6.07, 6.45) is 5.46. The Morgan fingerprint density at radius 3 is 2.50 bits per heavy atom. The molecule has 2 heterocycles. The number of rotatable bonds is 7. The van der Waals surface area contributed by atoms with Gasteiger partial charge in [0.1, 0.15) is 6.10 Å². The van der Waals surface area contributed by atoms with Gasteiger partial charge in [0, 0.05) is 36.1 Å². The predicted molar refractivity (Wildman–Crippen MR) is 187 cm³/mol. The quantitative estimate of drug-likeness (QED) is 0.188. The number of carbonyl (C=O) groups is 1. The van der Waals surface area contributed by atoms with Crippen LogP contribution in [-0.2, 0) is 9.53 Å². The summed E-state index contributed by atoms with van der Waals surface area (Å²) in [5.74, 6) is -0.913. The maximum atomic E-state index is 15.0. The largest absolute Gasteiger partial charge is 0.392 e. The average molecular weight is 700 g/mol. The highest BCUT2D eigenvalue weighted by molar-refractivity contribution is 6.00. The van der Waals surface area contributed by atoms with Crippen molar-refractivity contribution in [3.63, 3.8) is 0 Å². The zero-order valence-corrected chi connectivity index (χ0v) is 30.4. The van der Waals surface area contributed by atoms with E-state index in [9.17, 15) is 30.6 Å². The van der Waals surface area contributed by atoms with E-state index in [1.54, 1.807) is 13.8 Å². The molecule has 0 aromatic carbocycles. The highest BCUT2D eigenvalue weighted by Gasteiger charge is 2.76. The zero-order chi connectivity index (χ0) is 36.2. The van der Waals surface area contributed by atoms with Gasteiger partial charge >= 0.3 is 0 Å². The number of allylic oxidation sites excluding steroid dienone is 3. The second kappa shape index (κ2) is 12.4. The molecule has 0 radical (unpaired) electrons. The Bertz CT molecular complexity index is 1460. The Kier molecular flexibility index (Phi) is 9.03. The molecule has 0 aromatic heterocycles. The zero-order valence-electron chi connectivity index (χ0n) is 30.4. The lowest BCUT2D eigenvalue weighted by Crippen LogP contribution is -2.70. The fourth-order valence-electron chi connectivity index (χ4n) is 12.5. The van der Waals surface area contributed by atoms with Crippen molar-refractivity contribution in [3.05, 3.63) is 35.2 Å². The number of hydrogen-bond donors (Lipinski definition) is 9. The normalized spacial score (nSPS) is 49.5. The molecule has 0 aromatic rings. The molecular formula is C39H61N3O8. The smallest absolute Gasteiger partial charge is 0.182 e. The molecule has 16 atom stereocenters. The van der Waals surface area contributed by atoms with Crippen molar-refractivity contribution in [2.24, 2.45) is 51.6 Å². The van der Waals surface area contributed by atoms with Crippen molar-refractivity contribution >= 4 is 5.78 Å². The Labute approximate surface area is 296 Å². The Morgan fingerprint density at radius 1 is 1.12 bits per heavy atom. The van der Waals surface area contributed by atoms with Crippen LogP contribution in [0.15, 0.2) is 35.2 Å². The van der Waals surface area contributed by atoms with Gasteiger partial charge in [-0.1, -0.05) is 26.8 Å². The average Bonchev–Trinajstić information content (AvgIpc) is 3.55. The van der Waals surface area contributed by atoms with Crippen molar-refractivity contribution in [2.75, 3.05) is 13.2 Å². The Hall–Kier alpha value is -1.83. The van der Waals surface area contributed by atoms with E-state index in [1.807, 2.05) is 26.1 Å². The third kappa shape index (κ3) is 5.01. The first kappa shape index (κ1) is 36.5. The molecule has 5 fully saturated rings. The Morgan fingerprint density at radius 2 is 1.86 bits per heavy atom. The molecular weight excluding hydrogens is 638 g/mol. The number of aliphatic hydroxyl groups is 6. The molecule has 50 heavy (non-hydrogen) atoms. The summed E-state index contributed by atoms with van der Waals surface area (Å²) in [6, 6.07) is 0. The van der Waals surface area contributed by atoms with E-state index >= 15 is 4.79 Å². The Balaban J connectivity index is 1.36. The lowest BCUT2D eigenvalue weighted by Gasteiger charge is -2.70. The number of nitrogens with two attached hydrogens (primary N) is 1. The van der Waals surface area contributed by atoms with E-state index in [0.29, 0.717) is 56.4 Å². The number of carbonyl (C=O) groups excluding carboxylic acids is 1. The van der Waals surface area contributed by atoms with E-state index in [1.165, 1.54) is 0 Å². The molecule has 1 saturated heterocycles. The first-order chi connectivity index (χ1) is 23.4. The molecule has 2 aliphatic heterocycles. The monoisotopic (exact) mass is 699 g/mol. The van der Waals surface area contributed by atoms with Gasteiger partial charge in [-0.2, -0.15) is 0 Å². The summed E-state index contributed by atoms with van der Waals surface area (Å²) in [5, 5.41) is 77.1. The first-order valence-electron chi connectivity index (χ1n) is 19.2. The number of aliphatic hydroxyl groups excluding tert-OH is 4. The summed E-state index contributed by atoms with van der Waals surface area (Å²) < 4.78 is 6.04. The van der Waals surface area contributed by atoms with Gasteiger partial charge in [0.2, 0.25) is 0 Å². The molecule has 7 aliphatic rings. The summed E-state index contributed by atoms with van der Waals surface area (Å²) in [4.78, 5) is 15.0. The third-order valence-electron chi connectivity index (χ3n) is 15.5. The minimum atomic E-state index is -1.59. The molecule has 0 bridgehead atoms. The minimum absolute atomic E-state index is 0.0502. The molecule has 4 saturated carbocycles. The van der Waals surface area contributed by atoms with Gasteiger partial charge in [0.05, 0.1) is 47.5 Å². The molecule has 16 unspecified atom stereocenters. The maximum Gasteiger partial charge on any atom is 0.182 e. The number of ketones is 1. The number of Topliss-reactive ketones (excluding diaryl/α,β-unsaturated/α-hetero) is 1. The first-order valence-corrected chi connectivity index (χ1v) is 19.2. The van der Waals surface area contributed by atoms with Crippen LogP contribution in [0.25, 0.3) is 0 Å². The number of ether oxygens (including phenoxy) is 1. The maximum absolute atomic E-state index is 15.0. The number of nitrogens with one attached hydrogen (secondary N) is 2. The number of dihydropyridines is 1. The molecule has 280 valence electrons. The summed E-state index contributed by atoms with van der Waals surface area (Å²) in [7, 11) is 0. The van der Waals surface area contributed by atoms with Crippen molar-refractivity contribution < 1.29 is 40.2 Å². The van der Waals surface area contributed by atoms with Gasteiger partial charge in [-0.15, -0.1) is 0 Å². The predicted octanol–water partition coefficient (Wildman–Crippen LogP) is 1.75. The standard InChI is InChI=1S/C39H61N3O8/c1-20-19-50-32(22(20)3)34(47)36(5,48)28-9-11-39(49)33-30(42-17-21(2)43)31(46)25-14-26(44)27(45)16-38(25)15-23(24-6-7-29(40)41-18-24)8-10-37(33,38)13-12-35(28,39)4/h6-7,18,20-23,25-29,32,34,41-45,47-49H,8-17,19,40H2,1-5H3. The molecule has 10 N–H and O–H groups in total. The van der Waals surface area contributed by atoms with Crippen LogP contribution in [0, 0.1) is 45.8 Å². The van der Waals surface area contributed by atoms with Crippen LogP contribution >= 0.6 is 0 Å². The van der Waals surface area contributed by atoms with Gasteiger partial charge in [-0.3, -0.25) is 4.79 Å². The van der Waals surface area contributed by atoms with Crippen LogP contribution < -0.4 is 16.4 Å². The van der Waals surface area contributed by atoms with E-state index < -0.39 is 69.8 Å². The molecule has 2 spiro atoms. The molecule has 5 aliphatic carbocycles. The molecule has 11 heteroatoms. The summed E-state index contributed by atoms with van der Waals surface area (Å²) >= 11 is 0. The van der Waals surface area contributed by atoms with Crippen LogP contribution in [0.1, 0.15) is 92.4 Å². The van der Waals surface area contributed by atoms with E-state index in [-0.39, 0.29) is 49.1 Å². The van der Waals surface area contributed by atoms with Crippen LogP contribution in [0.4, 0.5) is 0 Å². The van der Waals surface area contributed by atoms with E-state index in [2.05, 4.69) is 23.6 Å². The van der Waals surface area contributed by atoms with Gasteiger partial charge < -0.3 is 51.7 Å². The van der Waals surface area contributed by atoms with Crippen molar-refractivity contribution in [1.29, 1.82) is 0 Å². The van der Waals surface area contributed by atoms with Gasteiger partial charge in [0.15, 0.2) is 5.78 Å². The van der Waals surface area contributed by atoms with Gasteiger partial charge in [-0.05, 0) is 118 Å². The molecule has 7 rings (SSSR count). The van der Waals surface area contributed by atoms with Crippen molar-refractivity contribution in [3.8, 4) is 0 Å². The van der Waals surface area contributed by atoms with Gasteiger partial charge in [-0.25, -0.2) is 0 Å². The lowest BCUT2D eigenvalue weighted by molar-refractivity contribution is -0.218. The van der Waals surface area contributed by atoms with Crippen LogP contribution in [0.2, 0.25) is 0 Å². The van der Waals surface area contributed by atoms with Gasteiger partial charge in [0.25, 0.3) is 0 Å².